The topological polar surface area (TPSA) is 115 Å². The summed E-state index contributed by atoms with van der Waals surface area (Å²) in [5, 5.41) is 9.97. The van der Waals surface area contributed by atoms with Gasteiger partial charge in [0.15, 0.2) is 11.6 Å². The molecule has 11 nitrogen and oxygen atoms in total. The van der Waals surface area contributed by atoms with Gasteiger partial charge < -0.3 is 29.3 Å². The maximum absolute atomic E-state index is 14.4. The Morgan fingerprint density at radius 2 is 1.86 bits per heavy atom. The average molecular weight is 530 g/mol. The third kappa shape index (κ3) is 8.43. The summed E-state index contributed by atoms with van der Waals surface area (Å²) >= 11 is 5.61. The van der Waals surface area contributed by atoms with Crippen LogP contribution in [0.2, 0.25) is 0 Å². The lowest BCUT2D eigenvalue weighted by molar-refractivity contribution is 0.0587. The van der Waals surface area contributed by atoms with Crippen LogP contribution in [0, 0.1) is 5.82 Å². The van der Waals surface area contributed by atoms with Crippen LogP contribution in [-0.2, 0) is 11.2 Å². The van der Waals surface area contributed by atoms with Gasteiger partial charge in [-0.2, -0.15) is 0 Å². The molecule has 0 atom stereocenters. The van der Waals surface area contributed by atoms with Gasteiger partial charge in [-0.25, -0.2) is 23.7 Å². The minimum atomic E-state index is -1.37. The van der Waals surface area contributed by atoms with Gasteiger partial charge in [0, 0.05) is 26.5 Å². The SMILES string of the molecule is CN1CN(C(=NC(=O)OC(C)(C)C)N(CCc2ccc(OCCCCl)c(F)c2)C(=O)O)CN(C)C1=O. The smallest absolute Gasteiger partial charge is 0.437 e. The second-order valence-corrected chi connectivity index (χ2v) is 9.61. The van der Waals surface area contributed by atoms with Crippen LogP contribution in [0.3, 0.4) is 0 Å². The van der Waals surface area contributed by atoms with Crippen molar-refractivity contribution in [1.29, 1.82) is 0 Å². The number of carboxylic acid groups (broad SMARTS) is 1. The van der Waals surface area contributed by atoms with Gasteiger partial charge in [0.25, 0.3) is 0 Å². The van der Waals surface area contributed by atoms with Gasteiger partial charge in [-0.1, -0.05) is 6.07 Å². The van der Waals surface area contributed by atoms with E-state index in [2.05, 4.69) is 4.99 Å². The third-order valence-corrected chi connectivity index (χ3v) is 5.18. The number of hydrogen-bond acceptors (Lipinski definition) is 5. The molecule has 1 saturated heterocycles. The normalized spacial score (nSPS) is 14.7. The van der Waals surface area contributed by atoms with Crippen LogP contribution < -0.4 is 4.74 Å². The van der Waals surface area contributed by atoms with Crippen molar-refractivity contribution in [3.8, 4) is 5.75 Å². The number of carbonyl (C=O) groups excluding carboxylic acids is 2. The van der Waals surface area contributed by atoms with Crippen molar-refractivity contribution in [2.45, 2.75) is 39.2 Å². The molecule has 1 N–H and O–H groups in total. The number of guanidine groups is 1. The molecule has 1 heterocycles. The molecule has 200 valence electrons. The van der Waals surface area contributed by atoms with Gasteiger partial charge in [0.05, 0.1) is 19.9 Å². The molecule has 13 heteroatoms. The molecule has 1 fully saturated rings. The Hall–Kier alpha value is -3.28. The molecule has 2 rings (SSSR count). The van der Waals surface area contributed by atoms with Crippen molar-refractivity contribution in [2.24, 2.45) is 4.99 Å². The Morgan fingerprint density at radius 3 is 2.39 bits per heavy atom. The van der Waals surface area contributed by atoms with E-state index in [0.29, 0.717) is 17.9 Å². The van der Waals surface area contributed by atoms with Crippen LogP contribution in [0.25, 0.3) is 0 Å². The summed E-state index contributed by atoms with van der Waals surface area (Å²) in [6, 6.07) is 4.10. The number of aliphatic imine (C=N–C) groups is 1. The van der Waals surface area contributed by atoms with Gasteiger partial charge in [0.1, 0.15) is 5.60 Å². The lowest BCUT2D eigenvalue weighted by Crippen LogP contribution is -2.60. The molecule has 0 bridgehead atoms. The molecular weight excluding hydrogens is 497 g/mol. The Bertz CT molecular complexity index is 972. The number of urea groups is 1. The van der Waals surface area contributed by atoms with E-state index in [1.165, 1.54) is 26.8 Å². The molecule has 0 aliphatic carbocycles. The summed E-state index contributed by atoms with van der Waals surface area (Å²) < 4.78 is 25.0. The zero-order valence-corrected chi connectivity index (χ0v) is 21.9. The van der Waals surface area contributed by atoms with E-state index in [4.69, 9.17) is 21.1 Å². The maximum atomic E-state index is 14.4. The van der Waals surface area contributed by atoms with Crippen molar-refractivity contribution in [3.63, 3.8) is 0 Å². The number of alkyl halides is 1. The lowest BCUT2D eigenvalue weighted by Gasteiger charge is -2.41. The standard InChI is InChI=1S/C23H33ClFN5O6/c1-23(2,3)36-20(31)26-19(29-14-27(4)21(32)28(5)15-29)30(22(33)34)11-9-16-7-8-18(17(25)13-16)35-12-6-10-24/h7-8,13H,6,9-12,14-15H2,1-5H3,(H,33,34). The molecule has 36 heavy (non-hydrogen) atoms. The van der Waals surface area contributed by atoms with Gasteiger partial charge in [-0.3, -0.25) is 0 Å². The minimum absolute atomic E-state index is 0.00243. The van der Waals surface area contributed by atoms with Crippen LogP contribution in [-0.4, -0.2) is 101 Å². The van der Waals surface area contributed by atoms with Crippen molar-refractivity contribution >= 4 is 35.8 Å². The fourth-order valence-corrected chi connectivity index (χ4v) is 3.45. The van der Waals surface area contributed by atoms with E-state index in [1.807, 2.05) is 0 Å². The third-order valence-electron chi connectivity index (χ3n) is 4.91. The van der Waals surface area contributed by atoms with Gasteiger partial charge in [-0.15, -0.1) is 16.6 Å². The van der Waals surface area contributed by atoms with E-state index in [1.54, 1.807) is 40.9 Å². The first-order chi connectivity index (χ1) is 16.8. The zero-order chi connectivity index (χ0) is 27.0. The van der Waals surface area contributed by atoms with Crippen molar-refractivity contribution in [1.82, 2.24) is 19.6 Å². The highest BCUT2D eigenvalue weighted by Gasteiger charge is 2.33. The predicted molar refractivity (Wildman–Crippen MR) is 132 cm³/mol. The molecule has 1 aliphatic rings. The second kappa shape index (κ2) is 12.6. The van der Waals surface area contributed by atoms with Gasteiger partial charge in [-0.05, 0) is 51.3 Å². The van der Waals surface area contributed by atoms with E-state index < -0.39 is 23.6 Å². The quantitative estimate of drug-likeness (QED) is 0.247. The largest absolute Gasteiger partial charge is 0.490 e. The van der Waals surface area contributed by atoms with Crippen molar-refractivity contribution in [3.05, 3.63) is 29.6 Å². The van der Waals surface area contributed by atoms with E-state index >= 15 is 0 Å². The van der Waals surface area contributed by atoms with Gasteiger partial charge >= 0.3 is 18.2 Å². The number of halogens is 2. The van der Waals surface area contributed by atoms with Crippen LogP contribution in [0.5, 0.6) is 5.75 Å². The molecule has 4 amide bonds. The first kappa shape index (κ1) is 29.0. The average Bonchev–Trinajstić information content (AvgIpc) is 2.76. The monoisotopic (exact) mass is 529 g/mol. The molecule has 0 unspecified atom stereocenters. The molecule has 0 saturated carbocycles. The van der Waals surface area contributed by atoms with Crippen molar-refractivity contribution < 1.29 is 33.4 Å². The molecule has 1 aromatic carbocycles. The highest BCUT2D eigenvalue weighted by atomic mass is 35.5. The minimum Gasteiger partial charge on any atom is -0.490 e. The summed E-state index contributed by atoms with van der Waals surface area (Å²) in [4.78, 5) is 45.9. The number of ether oxygens (including phenoxy) is 2. The molecule has 0 radical (unpaired) electrons. The summed E-state index contributed by atoms with van der Waals surface area (Å²) in [5.74, 6) is -0.307. The van der Waals surface area contributed by atoms with Crippen LogP contribution in [0.1, 0.15) is 32.8 Å². The first-order valence-electron chi connectivity index (χ1n) is 11.3. The van der Waals surface area contributed by atoms with Gasteiger partial charge in [0.2, 0.25) is 5.96 Å². The Morgan fingerprint density at radius 1 is 1.22 bits per heavy atom. The van der Waals surface area contributed by atoms with Crippen LogP contribution in [0.15, 0.2) is 23.2 Å². The Labute approximate surface area is 215 Å². The number of benzene rings is 1. The molecule has 1 aromatic rings. The predicted octanol–water partition coefficient (Wildman–Crippen LogP) is 3.86. The number of carbonyl (C=O) groups is 3. The summed E-state index contributed by atoms with van der Waals surface area (Å²) in [6.07, 6.45) is -1.66. The van der Waals surface area contributed by atoms with Crippen LogP contribution in [0.4, 0.5) is 18.8 Å². The van der Waals surface area contributed by atoms with Crippen LogP contribution >= 0.6 is 11.6 Å². The molecular formula is C23H33ClFN5O6. The van der Waals surface area contributed by atoms with E-state index in [9.17, 15) is 23.9 Å². The zero-order valence-electron chi connectivity index (χ0n) is 21.2. The number of hydrogen-bond donors (Lipinski definition) is 1. The van der Waals surface area contributed by atoms with E-state index in [-0.39, 0.29) is 50.7 Å². The summed E-state index contributed by atoms with van der Waals surface area (Å²) in [6.45, 7) is 5.11. The molecule has 0 spiro atoms. The maximum Gasteiger partial charge on any atom is 0.437 e. The summed E-state index contributed by atoms with van der Waals surface area (Å²) in [7, 11) is 3.08. The Kier molecular flexibility index (Phi) is 10.1. The highest BCUT2D eigenvalue weighted by molar-refractivity contribution is 6.17. The van der Waals surface area contributed by atoms with Crippen molar-refractivity contribution in [2.75, 3.05) is 46.5 Å². The molecule has 1 aliphatic heterocycles. The summed E-state index contributed by atoms with van der Waals surface area (Å²) in [5.41, 5.74) is -0.334. The highest BCUT2D eigenvalue weighted by Crippen LogP contribution is 2.20. The lowest BCUT2D eigenvalue weighted by atomic mass is 10.1. The first-order valence-corrected chi connectivity index (χ1v) is 11.9. The second-order valence-electron chi connectivity index (χ2n) is 9.23. The molecule has 0 aromatic heterocycles. The van der Waals surface area contributed by atoms with E-state index in [0.717, 1.165) is 4.90 Å². The Balaban J connectivity index is 2.29. The number of rotatable bonds is 7. The number of amides is 4. The fraction of sp³-hybridized carbons (Fsp3) is 0.565. The number of nitrogens with zero attached hydrogens (tertiary/aromatic N) is 5. The fourth-order valence-electron chi connectivity index (χ4n) is 3.34.